The third-order valence-corrected chi connectivity index (χ3v) is 4.90. The van der Waals surface area contributed by atoms with Crippen molar-refractivity contribution in [1.82, 2.24) is 5.32 Å². The summed E-state index contributed by atoms with van der Waals surface area (Å²) < 4.78 is 5.67. The van der Waals surface area contributed by atoms with Crippen LogP contribution in [-0.4, -0.2) is 41.2 Å². The van der Waals surface area contributed by atoms with Gasteiger partial charge < -0.3 is 20.1 Å². The molecule has 0 aromatic carbocycles. The van der Waals surface area contributed by atoms with Crippen molar-refractivity contribution in [2.45, 2.75) is 43.8 Å². The van der Waals surface area contributed by atoms with E-state index in [1.165, 1.54) is 0 Å². The maximum atomic E-state index is 12.3. The molecule has 7 heteroatoms. The smallest absolute Gasteiger partial charge is 0.426 e. The SMILES string of the molecule is O=C(N[C@@H](Cc1ccsc1)B(O)O)[C@@H]1C[C@H]2CC[C@@H]1O2. The van der Waals surface area contributed by atoms with E-state index >= 15 is 0 Å². The van der Waals surface area contributed by atoms with Crippen LogP contribution in [-0.2, 0) is 16.0 Å². The van der Waals surface area contributed by atoms with Crippen molar-refractivity contribution in [2.75, 3.05) is 0 Å². The van der Waals surface area contributed by atoms with Gasteiger partial charge in [-0.05, 0) is 48.1 Å². The Morgan fingerprint density at radius 2 is 2.40 bits per heavy atom. The highest BCUT2D eigenvalue weighted by molar-refractivity contribution is 7.07. The first-order valence-electron chi connectivity index (χ1n) is 6.96. The first kappa shape index (κ1) is 14.1. The third-order valence-electron chi connectivity index (χ3n) is 4.17. The standard InChI is InChI=1S/C13H18BNO4S/c16-13(10-6-9-1-2-11(10)19-9)15-12(14(17)18)5-8-3-4-20-7-8/h3-4,7,9-12,17-18H,1-2,5-6H2,(H,15,16)/t9-,10-,11+,12+/m1/s1. The summed E-state index contributed by atoms with van der Waals surface area (Å²) in [5.41, 5.74) is 0.998. The Kier molecular flexibility index (Phi) is 4.12. The normalized spacial score (nSPS) is 29.4. The van der Waals surface area contributed by atoms with E-state index in [0.717, 1.165) is 24.8 Å². The van der Waals surface area contributed by atoms with Gasteiger partial charge in [-0.15, -0.1) is 0 Å². The van der Waals surface area contributed by atoms with Crippen LogP contribution < -0.4 is 5.32 Å². The molecule has 4 atom stereocenters. The Balaban J connectivity index is 1.60. The van der Waals surface area contributed by atoms with Crippen molar-refractivity contribution in [1.29, 1.82) is 0 Å². The first-order valence-corrected chi connectivity index (χ1v) is 7.91. The van der Waals surface area contributed by atoms with Crippen LogP contribution in [0.5, 0.6) is 0 Å². The van der Waals surface area contributed by atoms with Gasteiger partial charge in [-0.3, -0.25) is 4.79 Å². The van der Waals surface area contributed by atoms with Gasteiger partial charge in [0.05, 0.1) is 24.1 Å². The minimum absolute atomic E-state index is 0.0117. The topological polar surface area (TPSA) is 78.8 Å². The van der Waals surface area contributed by atoms with Crippen LogP contribution in [0.3, 0.4) is 0 Å². The number of carbonyl (C=O) groups is 1. The number of hydrogen-bond donors (Lipinski definition) is 3. The number of nitrogens with one attached hydrogen (secondary N) is 1. The zero-order valence-corrected chi connectivity index (χ0v) is 11.9. The van der Waals surface area contributed by atoms with Crippen LogP contribution in [0.25, 0.3) is 0 Å². The van der Waals surface area contributed by atoms with Gasteiger partial charge in [-0.1, -0.05) is 0 Å². The fourth-order valence-corrected chi connectivity index (χ4v) is 3.78. The number of ether oxygens (including phenoxy) is 1. The third kappa shape index (κ3) is 2.91. The molecule has 2 saturated heterocycles. The van der Waals surface area contributed by atoms with Gasteiger partial charge in [-0.2, -0.15) is 11.3 Å². The van der Waals surface area contributed by atoms with Gasteiger partial charge in [0.1, 0.15) is 0 Å². The van der Waals surface area contributed by atoms with Crippen LogP contribution in [0.2, 0.25) is 0 Å². The number of hydrogen-bond acceptors (Lipinski definition) is 5. The van der Waals surface area contributed by atoms with Crippen molar-refractivity contribution in [2.24, 2.45) is 5.92 Å². The molecule has 0 radical (unpaired) electrons. The van der Waals surface area contributed by atoms with Crippen molar-refractivity contribution < 1.29 is 19.6 Å². The first-order chi connectivity index (χ1) is 9.63. The van der Waals surface area contributed by atoms with Gasteiger partial charge in [0.25, 0.3) is 0 Å². The van der Waals surface area contributed by atoms with Gasteiger partial charge in [0.2, 0.25) is 5.91 Å². The maximum Gasteiger partial charge on any atom is 0.475 e. The highest BCUT2D eigenvalue weighted by Crippen LogP contribution is 2.38. The Morgan fingerprint density at radius 3 is 2.95 bits per heavy atom. The van der Waals surface area contributed by atoms with Crippen LogP contribution >= 0.6 is 11.3 Å². The number of fused-ring (bicyclic) bond motifs is 2. The highest BCUT2D eigenvalue weighted by Gasteiger charge is 2.45. The summed E-state index contributed by atoms with van der Waals surface area (Å²) in [6, 6.07) is 1.92. The molecule has 1 amide bonds. The lowest BCUT2D eigenvalue weighted by atomic mass is 9.75. The predicted octanol–water partition coefficient (Wildman–Crippen LogP) is 0.355. The molecule has 2 fully saturated rings. The van der Waals surface area contributed by atoms with Crippen LogP contribution in [0.15, 0.2) is 16.8 Å². The quantitative estimate of drug-likeness (QED) is 0.685. The van der Waals surface area contributed by atoms with E-state index in [-0.39, 0.29) is 24.0 Å². The zero-order chi connectivity index (χ0) is 14.1. The van der Waals surface area contributed by atoms with E-state index < -0.39 is 13.1 Å². The van der Waals surface area contributed by atoms with Crippen LogP contribution in [0.1, 0.15) is 24.8 Å². The molecule has 0 spiro atoms. The molecule has 1 aromatic heterocycles. The fourth-order valence-electron chi connectivity index (χ4n) is 3.10. The summed E-state index contributed by atoms with van der Waals surface area (Å²) >= 11 is 1.55. The fraction of sp³-hybridized carbons (Fsp3) is 0.615. The van der Waals surface area contributed by atoms with Crippen molar-refractivity contribution >= 4 is 24.4 Å². The van der Waals surface area contributed by atoms with E-state index in [1.807, 2.05) is 16.8 Å². The summed E-state index contributed by atoms with van der Waals surface area (Å²) in [5, 5.41) is 25.5. The molecule has 5 nitrogen and oxygen atoms in total. The van der Waals surface area contributed by atoms with E-state index in [1.54, 1.807) is 11.3 Å². The second kappa shape index (κ2) is 5.85. The summed E-state index contributed by atoms with van der Waals surface area (Å²) in [7, 11) is -1.56. The largest absolute Gasteiger partial charge is 0.475 e. The Labute approximate surface area is 122 Å². The van der Waals surface area contributed by atoms with Crippen LogP contribution in [0.4, 0.5) is 0 Å². The lowest BCUT2D eigenvalue weighted by molar-refractivity contribution is -0.126. The average molecular weight is 295 g/mol. The summed E-state index contributed by atoms with van der Waals surface area (Å²) in [6.45, 7) is 0. The molecule has 0 aliphatic carbocycles. The molecule has 2 bridgehead atoms. The molecule has 108 valence electrons. The average Bonchev–Trinajstić information content (AvgIpc) is 3.14. The number of rotatable bonds is 5. The monoisotopic (exact) mass is 295 g/mol. The van der Waals surface area contributed by atoms with Crippen molar-refractivity contribution in [3.63, 3.8) is 0 Å². The molecule has 3 rings (SSSR count). The molecular formula is C13H18BNO4S. The Hall–Kier alpha value is -0.885. The molecular weight excluding hydrogens is 277 g/mol. The number of thiophene rings is 1. The van der Waals surface area contributed by atoms with Crippen LogP contribution in [0, 0.1) is 5.92 Å². The van der Waals surface area contributed by atoms with Gasteiger partial charge in [0, 0.05) is 0 Å². The van der Waals surface area contributed by atoms with Gasteiger partial charge in [0.15, 0.2) is 0 Å². The van der Waals surface area contributed by atoms with Gasteiger partial charge >= 0.3 is 7.12 Å². The van der Waals surface area contributed by atoms with E-state index in [4.69, 9.17) is 4.74 Å². The summed E-state index contributed by atoms with van der Waals surface area (Å²) in [6.07, 6.45) is 3.37. The summed E-state index contributed by atoms with van der Waals surface area (Å²) in [5.74, 6) is -0.931. The predicted molar refractivity (Wildman–Crippen MR) is 76.1 cm³/mol. The Bertz CT molecular complexity index is 467. The highest BCUT2D eigenvalue weighted by atomic mass is 32.1. The van der Waals surface area contributed by atoms with Crippen molar-refractivity contribution in [3.05, 3.63) is 22.4 Å². The van der Waals surface area contributed by atoms with E-state index in [2.05, 4.69) is 5.32 Å². The summed E-state index contributed by atoms with van der Waals surface area (Å²) in [4.78, 5) is 12.3. The lowest BCUT2D eigenvalue weighted by Crippen LogP contribution is -2.50. The molecule has 2 aliphatic heterocycles. The molecule has 0 unspecified atom stereocenters. The van der Waals surface area contributed by atoms with E-state index in [9.17, 15) is 14.8 Å². The minimum Gasteiger partial charge on any atom is -0.426 e. The van der Waals surface area contributed by atoms with Gasteiger partial charge in [-0.25, -0.2) is 0 Å². The van der Waals surface area contributed by atoms with E-state index in [0.29, 0.717) is 6.42 Å². The number of carbonyl (C=O) groups excluding carboxylic acids is 1. The molecule has 20 heavy (non-hydrogen) atoms. The second-order valence-electron chi connectivity index (χ2n) is 5.58. The molecule has 3 heterocycles. The molecule has 1 aromatic rings. The maximum absolute atomic E-state index is 12.3. The lowest BCUT2D eigenvalue weighted by Gasteiger charge is -2.23. The Morgan fingerprint density at radius 1 is 1.55 bits per heavy atom. The second-order valence-corrected chi connectivity index (χ2v) is 6.36. The molecule has 3 N–H and O–H groups in total. The minimum atomic E-state index is -1.56. The zero-order valence-electron chi connectivity index (χ0n) is 11.1. The molecule has 2 aliphatic rings. The van der Waals surface area contributed by atoms with Crippen molar-refractivity contribution in [3.8, 4) is 0 Å². The number of amides is 1. The molecule has 0 saturated carbocycles.